The third kappa shape index (κ3) is 2.20. The van der Waals surface area contributed by atoms with Gasteiger partial charge < -0.3 is 0 Å². The van der Waals surface area contributed by atoms with Crippen molar-refractivity contribution in [1.29, 1.82) is 5.26 Å². The lowest BCUT2D eigenvalue weighted by molar-refractivity contribution is 0.897. The van der Waals surface area contributed by atoms with Gasteiger partial charge in [-0.15, -0.1) is 0 Å². The summed E-state index contributed by atoms with van der Waals surface area (Å²) in [7, 11) is 0. The van der Waals surface area contributed by atoms with E-state index in [0.29, 0.717) is 5.75 Å². The first-order valence-corrected chi connectivity index (χ1v) is 5.49. The Labute approximate surface area is 92.4 Å². The van der Waals surface area contributed by atoms with Gasteiger partial charge >= 0.3 is 0 Å². The van der Waals surface area contributed by atoms with E-state index in [9.17, 15) is 0 Å². The number of nitrogens with zero attached hydrogens (tertiary/aromatic N) is 3. The molecule has 0 unspecified atom stereocenters. The monoisotopic (exact) mass is 215 g/mol. The Balaban J connectivity index is 2.30. The van der Waals surface area contributed by atoms with Crippen LogP contribution in [0.15, 0.2) is 47.9 Å². The molecule has 1 aromatic carbocycles. The molecular weight excluding hydrogens is 206 g/mol. The van der Waals surface area contributed by atoms with Crippen LogP contribution in [0.5, 0.6) is 0 Å². The zero-order chi connectivity index (χ0) is 10.5. The first kappa shape index (κ1) is 9.81. The summed E-state index contributed by atoms with van der Waals surface area (Å²) in [6.07, 6.45) is 3.64. The Morgan fingerprint density at radius 2 is 2.13 bits per heavy atom. The molecule has 0 aliphatic carbocycles. The summed E-state index contributed by atoms with van der Waals surface area (Å²) < 4.78 is 1.97. The summed E-state index contributed by atoms with van der Waals surface area (Å²) in [4.78, 5) is 4.20. The number of benzene rings is 1. The van der Waals surface area contributed by atoms with Crippen LogP contribution in [0.4, 0.5) is 0 Å². The molecule has 0 bridgehead atoms. The Bertz CT molecular complexity index is 470. The molecule has 3 nitrogen and oxygen atoms in total. The van der Waals surface area contributed by atoms with Crippen LogP contribution in [0.3, 0.4) is 0 Å². The molecule has 0 atom stereocenters. The minimum absolute atomic E-state index is 0.420. The number of para-hydroxylation sites is 1. The first-order chi connectivity index (χ1) is 7.42. The molecule has 0 fully saturated rings. The van der Waals surface area contributed by atoms with Crippen molar-refractivity contribution in [3.8, 4) is 11.8 Å². The Morgan fingerprint density at radius 3 is 2.87 bits per heavy atom. The fourth-order valence-corrected chi connectivity index (χ4v) is 1.91. The average molecular weight is 215 g/mol. The van der Waals surface area contributed by atoms with Crippen LogP contribution in [0, 0.1) is 11.3 Å². The highest BCUT2D eigenvalue weighted by Crippen LogP contribution is 2.19. The van der Waals surface area contributed by atoms with Gasteiger partial charge in [0.05, 0.1) is 11.8 Å². The zero-order valence-electron chi connectivity index (χ0n) is 8.00. The van der Waals surface area contributed by atoms with E-state index in [1.165, 1.54) is 11.8 Å². The van der Waals surface area contributed by atoms with Crippen LogP contribution in [0.2, 0.25) is 0 Å². The van der Waals surface area contributed by atoms with E-state index in [1.54, 1.807) is 6.20 Å². The normalized spacial score (nSPS) is 9.80. The van der Waals surface area contributed by atoms with E-state index in [0.717, 1.165) is 10.8 Å². The topological polar surface area (TPSA) is 41.6 Å². The number of hydrogen-bond acceptors (Lipinski definition) is 3. The number of nitriles is 1. The van der Waals surface area contributed by atoms with Gasteiger partial charge in [0.2, 0.25) is 0 Å². The lowest BCUT2D eigenvalue weighted by atomic mass is 10.3. The average Bonchev–Trinajstić information content (AvgIpc) is 2.75. The van der Waals surface area contributed by atoms with Crippen molar-refractivity contribution in [2.75, 3.05) is 5.75 Å². The van der Waals surface area contributed by atoms with Gasteiger partial charge in [0.15, 0.2) is 5.16 Å². The van der Waals surface area contributed by atoms with Gasteiger partial charge in [0, 0.05) is 18.1 Å². The van der Waals surface area contributed by atoms with Gasteiger partial charge in [-0.2, -0.15) is 5.26 Å². The summed E-state index contributed by atoms with van der Waals surface area (Å²) in [6.45, 7) is 0. The van der Waals surface area contributed by atoms with Gasteiger partial charge in [0.25, 0.3) is 0 Å². The van der Waals surface area contributed by atoms with Crippen molar-refractivity contribution in [1.82, 2.24) is 9.55 Å². The molecule has 2 aromatic rings. The van der Waals surface area contributed by atoms with Crippen LogP contribution in [0.25, 0.3) is 5.69 Å². The molecule has 15 heavy (non-hydrogen) atoms. The maximum Gasteiger partial charge on any atom is 0.173 e. The number of aromatic nitrogens is 2. The molecular formula is C11H9N3S. The molecule has 0 aliphatic rings. The van der Waals surface area contributed by atoms with Gasteiger partial charge in [-0.25, -0.2) is 4.98 Å². The van der Waals surface area contributed by atoms with Crippen LogP contribution < -0.4 is 0 Å². The van der Waals surface area contributed by atoms with E-state index in [2.05, 4.69) is 11.1 Å². The van der Waals surface area contributed by atoms with Gasteiger partial charge in [-0.1, -0.05) is 30.0 Å². The molecule has 2 rings (SSSR count). The maximum absolute atomic E-state index is 8.52. The zero-order valence-corrected chi connectivity index (χ0v) is 8.81. The minimum atomic E-state index is 0.420. The highest BCUT2D eigenvalue weighted by molar-refractivity contribution is 7.99. The number of thioether (sulfide) groups is 1. The summed E-state index contributed by atoms with van der Waals surface area (Å²) in [6, 6.07) is 12.1. The van der Waals surface area contributed by atoms with Crippen molar-refractivity contribution < 1.29 is 0 Å². The standard InChI is InChI=1S/C11H9N3S/c12-6-9-15-11-13-7-8-14(11)10-4-2-1-3-5-10/h1-5,7-8H,9H2. The lowest BCUT2D eigenvalue weighted by Crippen LogP contribution is -1.94. The molecule has 4 heteroatoms. The molecule has 0 aliphatic heterocycles. The second-order valence-electron chi connectivity index (χ2n) is 2.86. The summed E-state index contributed by atoms with van der Waals surface area (Å²) in [5.41, 5.74) is 1.07. The second kappa shape index (κ2) is 4.67. The number of rotatable bonds is 3. The van der Waals surface area contributed by atoms with Crippen molar-refractivity contribution in [3.63, 3.8) is 0 Å². The van der Waals surface area contributed by atoms with Gasteiger partial charge in [-0.05, 0) is 12.1 Å². The van der Waals surface area contributed by atoms with Crippen molar-refractivity contribution in [3.05, 3.63) is 42.7 Å². The van der Waals surface area contributed by atoms with Crippen LogP contribution in [0.1, 0.15) is 0 Å². The molecule has 0 saturated carbocycles. The third-order valence-electron chi connectivity index (χ3n) is 1.91. The summed E-state index contributed by atoms with van der Waals surface area (Å²) in [5, 5.41) is 9.37. The molecule has 0 saturated heterocycles. The van der Waals surface area contributed by atoms with E-state index < -0.39 is 0 Å². The lowest BCUT2D eigenvalue weighted by Gasteiger charge is -2.04. The Kier molecular flexibility index (Phi) is 3.05. The molecule has 74 valence electrons. The fraction of sp³-hybridized carbons (Fsp3) is 0.0909. The molecule has 1 heterocycles. The van der Waals surface area contributed by atoms with E-state index in [-0.39, 0.29) is 0 Å². The molecule has 0 spiro atoms. The van der Waals surface area contributed by atoms with Gasteiger partial charge in [0.1, 0.15) is 0 Å². The van der Waals surface area contributed by atoms with Crippen LogP contribution in [-0.2, 0) is 0 Å². The molecule has 1 aromatic heterocycles. The molecule has 0 amide bonds. The first-order valence-electron chi connectivity index (χ1n) is 4.50. The smallest absolute Gasteiger partial charge is 0.173 e. The second-order valence-corrected chi connectivity index (χ2v) is 3.80. The predicted molar refractivity (Wildman–Crippen MR) is 59.9 cm³/mol. The number of imidazole rings is 1. The van der Waals surface area contributed by atoms with Crippen LogP contribution in [-0.4, -0.2) is 15.3 Å². The van der Waals surface area contributed by atoms with E-state index >= 15 is 0 Å². The highest BCUT2D eigenvalue weighted by Gasteiger charge is 2.03. The van der Waals surface area contributed by atoms with Crippen molar-refractivity contribution in [2.24, 2.45) is 0 Å². The van der Waals surface area contributed by atoms with Gasteiger partial charge in [-0.3, -0.25) is 4.57 Å². The van der Waals surface area contributed by atoms with Crippen LogP contribution >= 0.6 is 11.8 Å². The third-order valence-corrected chi connectivity index (χ3v) is 2.74. The van der Waals surface area contributed by atoms with E-state index in [1.807, 2.05) is 41.1 Å². The number of hydrogen-bond donors (Lipinski definition) is 0. The summed E-state index contributed by atoms with van der Waals surface area (Å²) >= 11 is 1.44. The quantitative estimate of drug-likeness (QED) is 0.739. The minimum Gasteiger partial charge on any atom is -0.295 e. The van der Waals surface area contributed by atoms with E-state index in [4.69, 9.17) is 5.26 Å². The fourth-order valence-electron chi connectivity index (χ4n) is 1.28. The molecule has 0 radical (unpaired) electrons. The summed E-state index contributed by atoms with van der Waals surface area (Å²) in [5.74, 6) is 0.420. The Hall–Kier alpha value is -1.73. The Morgan fingerprint density at radius 1 is 1.33 bits per heavy atom. The maximum atomic E-state index is 8.52. The van der Waals surface area contributed by atoms with Crippen molar-refractivity contribution in [2.45, 2.75) is 5.16 Å². The largest absolute Gasteiger partial charge is 0.295 e. The highest BCUT2D eigenvalue weighted by atomic mass is 32.2. The predicted octanol–water partition coefficient (Wildman–Crippen LogP) is 2.49. The van der Waals surface area contributed by atoms with Crippen molar-refractivity contribution >= 4 is 11.8 Å². The molecule has 0 N–H and O–H groups in total. The SMILES string of the molecule is N#CCSc1nccn1-c1ccccc1.